The van der Waals surface area contributed by atoms with Crippen LogP contribution in [-0.2, 0) is 0 Å². The van der Waals surface area contributed by atoms with Crippen LogP contribution in [0.3, 0.4) is 0 Å². The molecule has 0 aliphatic carbocycles. The van der Waals surface area contributed by atoms with Gasteiger partial charge >= 0.3 is 6.03 Å². The standard InChI is InChI=1S/C28H18Cl3N3OS/c29-20-5-1-18(2-6-20)26-17-34(33-27(26)19-3-7-21(30)8-4-19)28(35)32-23-11-15-25(16-12-23)36-24-13-9-22(31)10-14-24/h1-17H,(H,32,35). The molecule has 0 radical (unpaired) electrons. The Morgan fingerprint density at radius 2 is 1.14 bits per heavy atom. The summed E-state index contributed by atoms with van der Waals surface area (Å²) < 4.78 is 1.31. The van der Waals surface area contributed by atoms with E-state index < -0.39 is 0 Å². The van der Waals surface area contributed by atoms with Crippen LogP contribution in [-0.4, -0.2) is 15.8 Å². The number of carbonyl (C=O) groups excluding carboxylic acids is 1. The second kappa shape index (κ2) is 10.8. The van der Waals surface area contributed by atoms with Crippen LogP contribution in [0.5, 0.6) is 0 Å². The first-order valence-corrected chi connectivity index (χ1v) is 12.9. The minimum absolute atomic E-state index is 0.372. The highest BCUT2D eigenvalue weighted by atomic mass is 35.5. The minimum atomic E-state index is -0.372. The number of hydrogen-bond acceptors (Lipinski definition) is 3. The number of carbonyl (C=O) groups is 1. The van der Waals surface area contributed by atoms with E-state index >= 15 is 0 Å². The Hall–Kier alpha value is -3.22. The zero-order chi connectivity index (χ0) is 25.1. The van der Waals surface area contributed by atoms with E-state index in [1.165, 1.54) is 4.68 Å². The molecular weight excluding hydrogens is 533 g/mol. The van der Waals surface area contributed by atoms with Crippen molar-refractivity contribution < 1.29 is 4.79 Å². The molecule has 0 aliphatic rings. The van der Waals surface area contributed by atoms with E-state index in [4.69, 9.17) is 34.8 Å². The summed E-state index contributed by atoms with van der Waals surface area (Å²) in [5, 5.41) is 9.47. The van der Waals surface area contributed by atoms with Crippen molar-refractivity contribution >= 4 is 58.3 Å². The van der Waals surface area contributed by atoms with Crippen molar-refractivity contribution in [1.82, 2.24) is 9.78 Å². The van der Waals surface area contributed by atoms with Crippen molar-refractivity contribution in [3.63, 3.8) is 0 Å². The Labute approximate surface area is 227 Å². The molecule has 1 aromatic heterocycles. The number of benzene rings is 4. The summed E-state index contributed by atoms with van der Waals surface area (Å²) in [5.41, 5.74) is 3.88. The second-order valence-electron chi connectivity index (χ2n) is 7.86. The third-order valence-electron chi connectivity index (χ3n) is 5.35. The second-order valence-corrected chi connectivity index (χ2v) is 10.3. The highest BCUT2D eigenvalue weighted by molar-refractivity contribution is 7.99. The van der Waals surface area contributed by atoms with E-state index in [2.05, 4.69) is 10.4 Å². The molecule has 4 aromatic carbocycles. The van der Waals surface area contributed by atoms with E-state index in [1.54, 1.807) is 30.1 Å². The average Bonchev–Trinajstić information content (AvgIpc) is 3.33. The van der Waals surface area contributed by atoms with Gasteiger partial charge in [-0.05, 0) is 78.4 Å². The van der Waals surface area contributed by atoms with Crippen molar-refractivity contribution in [2.75, 3.05) is 5.32 Å². The Morgan fingerprint density at radius 1 is 0.667 bits per heavy atom. The quantitative estimate of drug-likeness (QED) is 0.237. The molecule has 0 aliphatic heterocycles. The lowest BCUT2D eigenvalue weighted by Gasteiger charge is -2.06. The lowest BCUT2D eigenvalue weighted by molar-refractivity contribution is 0.251. The van der Waals surface area contributed by atoms with Crippen LogP contribution in [0.2, 0.25) is 15.1 Å². The van der Waals surface area contributed by atoms with Crippen LogP contribution in [0.1, 0.15) is 0 Å². The summed E-state index contributed by atoms with van der Waals surface area (Å²) in [4.78, 5) is 15.2. The molecule has 0 atom stereocenters. The first-order chi connectivity index (χ1) is 17.4. The molecule has 1 heterocycles. The molecule has 0 saturated heterocycles. The van der Waals surface area contributed by atoms with E-state index in [1.807, 2.05) is 84.9 Å². The maximum absolute atomic E-state index is 13.1. The third kappa shape index (κ3) is 5.77. The van der Waals surface area contributed by atoms with Gasteiger partial charge in [-0.2, -0.15) is 9.78 Å². The first kappa shape index (κ1) is 24.5. The van der Waals surface area contributed by atoms with Gasteiger partial charge < -0.3 is 5.32 Å². The highest BCUT2D eigenvalue weighted by Gasteiger charge is 2.17. The molecule has 178 valence electrons. The van der Waals surface area contributed by atoms with Crippen molar-refractivity contribution in [3.8, 4) is 22.4 Å². The van der Waals surface area contributed by atoms with Crippen LogP contribution in [0.4, 0.5) is 10.5 Å². The topological polar surface area (TPSA) is 46.9 Å². The van der Waals surface area contributed by atoms with Gasteiger partial charge in [0.1, 0.15) is 5.69 Å². The number of nitrogens with one attached hydrogen (secondary N) is 1. The maximum atomic E-state index is 13.1. The number of halogens is 3. The summed E-state index contributed by atoms with van der Waals surface area (Å²) in [5.74, 6) is 0. The molecule has 8 heteroatoms. The predicted octanol–water partition coefficient (Wildman–Crippen LogP) is 9.41. The third-order valence-corrected chi connectivity index (χ3v) is 7.12. The minimum Gasteiger partial charge on any atom is -0.306 e. The average molecular weight is 551 g/mol. The van der Waals surface area contributed by atoms with E-state index in [9.17, 15) is 4.79 Å². The van der Waals surface area contributed by atoms with Crippen molar-refractivity contribution in [3.05, 3.63) is 118 Å². The molecule has 36 heavy (non-hydrogen) atoms. The van der Waals surface area contributed by atoms with Gasteiger partial charge in [-0.1, -0.05) is 70.8 Å². The van der Waals surface area contributed by atoms with Gasteiger partial charge in [-0.3, -0.25) is 0 Å². The number of hydrogen-bond donors (Lipinski definition) is 1. The smallest absolute Gasteiger partial charge is 0.306 e. The van der Waals surface area contributed by atoms with Crippen molar-refractivity contribution in [1.29, 1.82) is 0 Å². The molecule has 0 fully saturated rings. The monoisotopic (exact) mass is 549 g/mol. The number of anilines is 1. The molecule has 1 amide bonds. The zero-order valence-corrected chi connectivity index (χ0v) is 21.7. The number of rotatable bonds is 5. The lowest BCUT2D eigenvalue weighted by Crippen LogP contribution is -2.19. The highest BCUT2D eigenvalue weighted by Crippen LogP contribution is 2.33. The molecular formula is C28H18Cl3N3OS. The summed E-state index contributed by atoms with van der Waals surface area (Å²) in [7, 11) is 0. The first-order valence-electron chi connectivity index (χ1n) is 10.9. The molecule has 0 saturated carbocycles. The van der Waals surface area contributed by atoms with Crippen LogP contribution < -0.4 is 5.32 Å². The largest absolute Gasteiger partial charge is 0.346 e. The molecule has 0 spiro atoms. The Balaban J connectivity index is 1.38. The van der Waals surface area contributed by atoms with Crippen LogP contribution in [0, 0.1) is 0 Å². The predicted molar refractivity (Wildman–Crippen MR) is 150 cm³/mol. The lowest BCUT2D eigenvalue weighted by atomic mass is 10.0. The van der Waals surface area contributed by atoms with Crippen molar-refractivity contribution in [2.45, 2.75) is 9.79 Å². The van der Waals surface area contributed by atoms with Gasteiger partial charge in [-0.15, -0.1) is 0 Å². The SMILES string of the molecule is O=C(Nc1ccc(Sc2ccc(Cl)cc2)cc1)n1cc(-c2ccc(Cl)cc2)c(-c2ccc(Cl)cc2)n1. The Bertz CT molecular complexity index is 1440. The molecule has 1 N–H and O–H groups in total. The van der Waals surface area contributed by atoms with Gasteiger partial charge in [0.25, 0.3) is 0 Å². The van der Waals surface area contributed by atoms with E-state index in [0.717, 1.165) is 26.5 Å². The van der Waals surface area contributed by atoms with Crippen LogP contribution in [0.15, 0.2) is 113 Å². The number of nitrogens with zero attached hydrogens (tertiary/aromatic N) is 2. The van der Waals surface area contributed by atoms with Gasteiger partial charge in [0.05, 0.1) is 0 Å². The molecule has 0 bridgehead atoms. The van der Waals surface area contributed by atoms with Gasteiger partial charge in [0.15, 0.2) is 0 Å². The van der Waals surface area contributed by atoms with Gasteiger partial charge in [-0.25, -0.2) is 4.79 Å². The summed E-state index contributed by atoms with van der Waals surface area (Å²) in [6, 6.07) is 29.7. The molecule has 5 aromatic rings. The maximum Gasteiger partial charge on any atom is 0.346 e. The van der Waals surface area contributed by atoms with E-state index in [-0.39, 0.29) is 6.03 Å². The fraction of sp³-hybridized carbons (Fsp3) is 0. The molecule has 0 unspecified atom stereocenters. The van der Waals surface area contributed by atoms with Crippen molar-refractivity contribution in [2.24, 2.45) is 0 Å². The zero-order valence-electron chi connectivity index (χ0n) is 18.7. The van der Waals surface area contributed by atoms with Crippen LogP contribution in [0.25, 0.3) is 22.4 Å². The number of aromatic nitrogens is 2. The normalized spacial score (nSPS) is 10.9. The van der Waals surface area contributed by atoms with Gasteiger partial charge in [0, 0.05) is 47.9 Å². The molecule has 5 rings (SSSR count). The van der Waals surface area contributed by atoms with Gasteiger partial charge in [0.2, 0.25) is 0 Å². The summed E-state index contributed by atoms with van der Waals surface area (Å²) in [6.07, 6.45) is 1.72. The Kier molecular flexibility index (Phi) is 7.35. The fourth-order valence-corrected chi connectivity index (χ4v) is 4.76. The summed E-state index contributed by atoms with van der Waals surface area (Å²) >= 11 is 19.7. The fourth-order valence-electron chi connectivity index (χ4n) is 3.57. The van der Waals surface area contributed by atoms with E-state index in [0.29, 0.717) is 26.4 Å². The Morgan fingerprint density at radius 3 is 1.69 bits per heavy atom. The number of amides is 1. The van der Waals surface area contributed by atoms with Crippen LogP contribution >= 0.6 is 46.6 Å². The molecule has 4 nitrogen and oxygen atoms in total. The summed E-state index contributed by atoms with van der Waals surface area (Å²) in [6.45, 7) is 0.